The molecule has 28 heavy (non-hydrogen) atoms. The summed E-state index contributed by atoms with van der Waals surface area (Å²) >= 11 is 3.28. The Hall–Kier alpha value is -3.31. The molecule has 0 spiro atoms. The fourth-order valence-electron chi connectivity index (χ4n) is 2.18. The van der Waals surface area contributed by atoms with Crippen LogP contribution >= 0.6 is 15.9 Å². The van der Waals surface area contributed by atoms with Gasteiger partial charge < -0.3 is 19.9 Å². The Morgan fingerprint density at radius 1 is 1.21 bits per heavy atom. The number of nitriles is 1. The van der Waals surface area contributed by atoms with Crippen LogP contribution in [0.3, 0.4) is 0 Å². The Morgan fingerprint density at radius 2 is 1.93 bits per heavy atom. The minimum atomic E-state index is -1.09. The lowest BCUT2D eigenvalue weighted by atomic mass is 10.1. The SMILES string of the molecule is CCOc1ccc(NC(=O)/C(C#N)=C\c2ccc(OCC(=O)O)c(Br)c2)cc1. The summed E-state index contributed by atoms with van der Waals surface area (Å²) < 4.78 is 11.0. The number of anilines is 1. The van der Waals surface area contributed by atoms with Crippen molar-refractivity contribution in [3.05, 3.63) is 58.1 Å². The highest BCUT2D eigenvalue weighted by Crippen LogP contribution is 2.27. The summed E-state index contributed by atoms with van der Waals surface area (Å²) in [7, 11) is 0. The first kappa shape index (κ1) is 21.0. The van der Waals surface area contributed by atoms with Crippen molar-refractivity contribution in [3.63, 3.8) is 0 Å². The lowest BCUT2D eigenvalue weighted by Gasteiger charge is -2.08. The monoisotopic (exact) mass is 444 g/mol. The number of halogens is 1. The quantitative estimate of drug-likeness (QED) is 0.472. The van der Waals surface area contributed by atoms with E-state index in [1.54, 1.807) is 42.5 Å². The third-order valence-electron chi connectivity index (χ3n) is 3.41. The molecule has 2 N–H and O–H groups in total. The zero-order chi connectivity index (χ0) is 20.5. The number of ether oxygens (including phenoxy) is 2. The smallest absolute Gasteiger partial charge is 0.341 e. The largest absolute Gasteiger partial charge is 0.494 e. The van der Waals surface area contributed by atoms with Crippen molar-refractivity contribution in [3.8, 4) is 17.6 Å². The number of nitrogens with zero attached hydrogens (tertiary/aromatic N) is 1. The first-order valence-corrected chi connectivity index (χ1v) is 9.02. The minimum absolute atomic E-state index is 0.0833. The zero-order valence-electron chi connectivity index (χ0n) is 14.9. The van der Waals surface area contributed by atoms with E-state index in [2.05, 4.69) is 21.2 Å². The standard InChI is InChI=1S/C20H17BrN2O5/c1-2-27-16-6-4-15(5-7-16)23-20(26)14(11-22)9-13-3-8-18(17(21)10-13)28-12-19(24)25/h3-10H,2,12H2,1H3,(H,23,26)(H,24,25)/b14-9-. The van der Waals surface area contributed by atoms with E-state index in [-0.39, 0.29) is 5.57 Å². The molecule has 2 aromatic rings. The van der Waals surface area contributed by atoms with Gasteiger partial charge in [0.05, 0.1) is 11.1 Å². The number of carbonyl (C=O) groups is 2. The van der Waals surface area contributed by atoms with Crippen molar-refractivity contribution >= 4 is 39.6 Å². The van der Waals surface area contributed by atoms with Crippen LogP contribution in [0.15, 0.2) is 52.5 Å². The first-order chi connectivity index (χ1) is 13.4. The van der Waals surface area contributed by atoms with E-state index in [9.17, 15) is 14.9 Å². The van der Waals surface area contributed by atoms with E-state index in [0.717, 1.165) is 0 Å². The highest BCUT2D eigenvalue weighted by Gasteiger charge is 2.11. The van der Waals surface area contributed by atoms with E-state index in [4.69, 9.17) is 14.6 Å². The number of rotatable bonds is 8. The van der Waals surface area contributed by atoms with Crippen molar-refractivity contribution in [2.24, 2.45) is 0 Å². The van der Waals surface area contributed by atoms with Crippen LogP contribution in [0.1, 0.15) is 12.5 Å². The third kappa shape index (κ3) is 6.14. The average molecular weight is 445 g/mol. The third-order valence-corrected chi connectivity index (χ3v) is 4.03. The molecule has 0 aliphatic heterocycles. The van der Waals surface area contributed by atoms with Crippen LogP contribution < -0.4 is 14.8 Å². The maximum absolute atomic E-state index is 12.4. The molecule has 2 aromatic carbocycles. The van der Waals surface area contributed by atoms with E-state index in [1.807, 2.05) is 13.0 Å². The molecule has 0 bridgehead atoms. The van der Waals surface area contributed by atoms with Gasteiger partial charge in [-0.3, -0.25) is 4.79 Å². The number of amides is 1. The summed E-state index contributed by atoms with van der Waals surface area (Å²) in [6.45, 7) is 1.95. The van der Waals surface area contributed by atoms with E-state index < -0.39 is 18.5 Å². The second kappa shape index (κ2) is 10.1. The second-order valence-electron chi connectivity index (χ2n) is 5.45. The van der Waals surface area contributed by atoms with Gasteiger partial charge in [0.2, 0.25) is 0 Å². The minimum Gasteiger partial charge on any atom is -0.494 e. The number of carboxylic acids is 1. The van der Waals surface area contributed by atoms with Crippen LogP contribution in [0.2, 0.25) is 0 Å². The predicted octanol–water partition coefficient (Wildman–Crippen LogP) is 3.86. The Morgan fingerprint density at radius 3 is 2.50 bits per heavy atom. The van der Waals surface area contributed by atoms with Crippen molar-refractivity contribution in [1.82, 2.24) is 0 Å². The molecule has 0 aliphatic carbocycles. The van der Waals surface area contributed by atoms with Gasteiger partial charge in [0.15, 0.2) is 6.61 Å². The van der Waals surface area contributed by atoms with Gasteiger partial charge in [0.1, 0.15) is 23.1 Å². The van der Waals surface area contributed by atoms with Crippen LogP contribution in [0.4, 0.5) is 5.69 Å². The van der Waals surface area contributed by atoms with E-state index >= 15 is 0 Å². The fraction of sp³-hybridized carbons (Fsp3) is 0.150. The maximum atomic E-state index is 12.4. The van der Waals surface area contributed by atoms with Gasteiger partial charge in [-0.25, -0.2) is 4.79 Å². The van der Waals surface area contributed by atoms with Gasteiger partial charge in [-0.1, -0.05) is 6.07 Å². The van der Waals surface area contributed by atoms with Crippen molar-refractivity contribution in [2.45, 2.75) is 6.92 Å². The number of carbonyl (C=O) groups excluding carboxylic acids is 1. The molecule has 0 unspecified atom stereocenters. The van der Waals surface area contributed by atoms with Crippen molar-refractivity contribution in [2.75, 3.05) is 18.5 Å². The highest BCUT2D eigenvalue weighted by atomic mass is 79.9. The lowest BCUT2D eigenvalue weighted by molar-refractivity contribution is -0.139. The lowest BCUT2D eigenvalue weighted by Crippen LogP contribution is -2.13. The molecule has 0 saturated carbocycles. The number of carboxylic acid groups (broad SMARTS) is 1. The molecule has 2 rings (SSSR count). The molecule has 7 nitrogen and oxygen atoms in total. The van der Waals surface area contributed by atoms with Crippen LogP contribution in [0, 0.1) is 11.3 Å². The van der Waals surface area contributed by atoms with Gasteiger partial charge in [-0.05, 0) is 70.9 Å². The van der Waals surface area contributed by atoms with Crippen molar-refractivity contribution in [1.29, 1.82) is 5.26 Å². The molecule has 0 fully saturated rings. The zero-order valence-corrected chi connectivity index (χ0v) is 16.5. The second-order valence-corrected chi connectivity index (χ2v) is 6.31. The van der Waals surface area contributed by atoms with Crippen molar-refractivity contribution < 1.29 is 24.2 Å². The number of aliphatic carboxylic acids is 1. The first-order valence-electron chi connectivity index (χ1n) is 8.23. The van der Waals surface area contributed by atoms with Crippen LogP contribution in [0.5, 0.6) is 11.5 Å². The topological polar surface area (TPSA) is 109 Å². The molecule has 1 amide bonds. The molecule has 144 valence electrons. The van der Waals surface area contributed by atoms with Crippen LogP contribution in [-0.4, -0.2) is 30.2 Å². The average Bonchev–Trinajstić information content (AvgIpc) is 2.67. The molecule has 0 aliphatic rings. The van der Waals surface area contributed by atoms with Crippen LogP contribution in [0.25, 0.3) is 6.08 Å². The predicted molar refractivity (Wildman–Crippen MR) is 107 cm³/mol. The number of nitrogens with one attached hydrogen (secondary N) is 1. The summed E-state index contributed by atoms with van der Waals surface area (Å²) in [5, 5.41) is 20.6. The molecule has 0 atom stereocenters. The van der Waals surface area contributed by atoms with Gasteiger partial charge in [-0.2, -0.15) is 5.26 Å². The van der Waals surface area contributed by atoms with Gasteiger partial charge >= 0.3 is 5.97 Å². The Kier molecular flexibility index (Phi) is 7.60. The van der Waals surface area contributed by atoms with E-state index in [1.165, 1.54) is 6.08 Å². The molecule has 0 heterocycles. The summed E-state index contributed by atoms with van der Waals surface area (Å²) in [5.74, 6) is -0.605. The summed E-state index contributed by atoms with van der Waals surface area (Å²) in [5.41, 5.74) is 1.03. The summed E-state index contributed by atoms with van der Waals surface area (Å²) in [6.07, 6.45) is 1.43. The van der Waals surface area contributed by atoms with E-state index in [0.29, 0.717) is 33.8 Å². The van der Waals surface area contributed by atoms with Gasteiger partial charge in [-0.15, -0.1) is 0 Å². The normalized spacial score (nSPS) is 10.7. The molecule has 0 radical (unpaired) electrons. The summed E-state index contributed by atoms with van der Waals surface area (Å²) in [6, 6.07) is 13.5. The molecule has 8 heteroatoms. The Bertz CT molecular complexity index is 933. The molecule has 0 aromatic heterocycles. The Balaban J connectivity index is 2.11. The van der Waals surface area contributed by atoms with Gasteiger partial charge in [0.25, 0.3) is 5.91 Å². The molecular weight excluding hydrogens is 428 g/mol. The number of benzene rings is 2. The summed E-state index contributed by atoms with van der Waals surface area (Å²) in [4.78, 5) is 22.9. The maximum Gasteiger partial charge on any atom is 0.341 e. The fourth-order valence-corrected chi connectivity index (χ4v) is 2.69. The van der Waals surface area contributed by atoms with Crippen LogP contribution in [-0.2, 0) is 9.59 Å². The van der Waals surface area contributed by atoms with Gasteiger partial charge in [0, 0.05) is 5.69 Å². The number of hydrogen-bond donors (Lipinski definition) is 2. The Labute approximate surface area is 170 Å². The molecule has 0 saturated heterocycles. The highest BCUT2D eigenvalue weighted by molar-refractivity contribution is 9.10. The molecular formula is C20H17BrN2O5. The number of hydrogen-bond acceptors (Lipinski definition) is 5.